The summed E-state index contributed by atoms with van der Waals surface area (Å²) in [4.78, 5) is 0. The molecule has 0 atom stereocenters. The van der Waals surface area contributed by atoms with Gasteiger partial charge in [-0.15, -0.1) is 0 Å². The van der Waals surface area contributed by atoms with E-state index in [9.17, 15) is 0 Å². The minimum Gasteiger partial charge on any atom is -0.389 e. The Morgan fingerprint density at radius 2 is 1.64 bits per heavy atom. The summed E-state index contributed by atoms with van der Waals surface area (Å²) < 4.78 is 0. The van der Waals surface area contributed by atoms with Crippen molar-refractivity contribution in [1.29, 1.82) is 0 Å². The first kappa shape index (κ1) is 13.5. The first-order valence-corrected chi connectivity index (χ1v) is 5.93. The first-order valence-electron chi connectivity index (χ1n) is 5.93. The van der Waals surface area contributed by atoms with E-state index in [1.54, 1.807) is 0 Å². The zero-order valence-electron chi connectivity index (χ0n) is 9.65. The second-order valence-corrected chi connectivity index (χ2v) is 3.79. The number of hydrogen-bond acceptors (Lipinski definition) is 2. The number of unbranched alkanes of at least 4 members (excludes halogenated alkanes) is 5. The summed E-state index contributed by atoms with van der Waals surface area (Å²) in [6.07, 6.45) is 8.80. The zero-order chi connectivity index (χ0) is 10.6. The lowest BCUT2D eigenvalue weighted by Crippen LogP contribution is -2.12. The van der Waals surface area contributed by atoms with Gasteiger partial charge in [-0.25, -0.2) is 0 Å². The van der Waals surface area contributed by atoms with Gasteiger partial charge >= 0.3 is 0 Å². The fourth-order valence-corrected chi connectivity index (χ4v) is 1.37. The Hall–Kier alpha value is -0.500. The van der Waals surface area contributed by atoms with Gasteiger partial charge in [-0.1, -0.05) is 39.2 Å². The summed E-state index contributed by atoms with van der Waals surface area (Å²) in [5.74, 6) is 0. The van der Waals surface area contributed by atoms with Gasteiger partial charge in [-0.3, -0.25) is 0 Å². The molecule has 0 aromatic rings. The minimum absolute atomic E-state index is 0.845. The molecule has 0 aromatic carbocycles. The van der Waals surface area contributed by atoms with E-state index >= 15 is 0 Å². The molecule has 0 aliphatic rings. The van der Waals surface area contributed by atoms with Crippen molar-refractivity contribution < 1.29 is 0 Å². The molecular formula is C12H26N2. The molecule has 0 saturated heterocycles. The lowest BCUT2D eigenvalue weighted by atomic mass is 10.1. The third-order valence-electron chi connectivity index (χ3n) is 2.43. The molecule has 0 unspecified atom stereocenters. The smallest absolute Gasteiger partial charge is 0.0143 e. The molecule has 0 amide bonds. The summed E-state index contributed by atoms with van der Waals surface area (Å²) in [6.45, 7) is 7.97. The predicted molar refractivity (Wildman–Crippen MR) is 64.2 cm³/mol. The fraction of sp³-hybridized carbons (Fsp3) is 0.833. The maximum absolute atomic E-state index is 5.42. The van der Waals surface area contributed by atoms with Crippen LogP contribution in [0.2, 0.25) is 0 Å². The molecule has 0 saturated carbocycles. The van der Waals surface area contributed by atoms with Crippen LogP contribution in [-0.2, 0) is 0 Å². The van der Waals surface area contributed by atoms with Crippen LogP contribution in [0, 0.1) is 0 Å². The average molecular weight is 198 g/mol. The van der Waals surface area contributed by atoms with Crippen LogP contribution in [0.4, 0.5) is 0 Å². The highest BCUT2D eigenvalue weighted by Gasteiger charge is 1.91. The molecule has 84 valence electrons. The van der Waals surface area contributed by atoms with Crippen molar-refractivity contribution in [1.82, 2.24) is 5.32 Å². The Kier molecular flexibility index (Phi) is 10.2. The summed E-state index contributed by atoms with van der Waals surface area (Å²) in [7, 11) is 0. The monoisotopic (exact) mass is 198 g/mol. The van der Waals surface area contributed by atoms with Crippen LogP contribution >= 0.6 is 0 Å². The van der Waals surface area contributed by atoms with Crippen molar-refractivity contribution >= 4 is 0 Å². The largest absolute Gasteiger partial charge is 0.389 e. The number of nitrogens with two attached hydrogens (primary N) is 1. The van der Waals surface area contributed by atoms with Crippen LogP contribution in [-0.4, -0.2) is 13.1 Å². The van der Waals surface area contributed by atoms with Gasteiger partial charge in [0.2, 0.25) is 0 Å². The molecule has 0 heterocycles. The van der Waals surface area contributed by atoms with Gasteiger partial charge in [0.05, 0.1) is 0 Å². The lowest BCUT2D eigenvalue weighted by Gasteiger charge is -2.06. The van der Waals surface area contributed by atoms with Gasteiger partial charge in [0, 0.05) is 12.2 Å². The van der Waals surface area contributed by atoms with Crippen molar-refractivity contribution in [2.75, 3.05) is 13.1 Å². The summed E-state index contributed by atoms with van der Waals surface area (Å²) in [5, 5.41) is 3.32. The molecule has 0 spiro atoms. The number of hydrogen-bond donors (Lipinski definition) is 2. The van der Waals surface area contributed by atoms with Gasteiger partial charge in [0.25, 0.3) is 0 Å². The third kappa shape index (κ3) is 9.59. The molecule has 0 bridgehead atoms. The quantitative estimate of drug-likeness (QED) is 0.530. The summed E-state index contributed by atoms with van der Waals surface area (Å²) >= 11 is 0. The van der Waals surface area contributed by atoms with E-state index in [1.807, 2.05) is 0 Å². The Morgan fingerprint density at radius 3 is 2.21 bits per heavy atom. The lowest BCUT2D eigenvalue weighted by molar-refractivity contribution is 0.583. The van der Waals surface area contributed by atoms with Gasteiger partial charge < -0.3 is 11.1 Å². The van der Waals surface area contributed by atoms with Gasteiger partial charge in [0.1, 0.15) is 0 Å². The van der Waals surface area contributed by atoms with Gasteiger partial charge in [0.15, 0.2) is 0 Å². The SMILES string of the molecule is C=C(CC)NCCCCCCCCN. The highest BCUT2D eigenvalue weighted by molar-refractivity contribution is 4.88. The topological polar surface area (TPSA) is 38.0 Å². The van der Waals surface area contributed by atoms with E-state index in [1.165, 1.54) is 38.5 Å². The van der Waals surface area contributed by atoms with Crippen molar-refractivity contribution in [2.24, 2.45) is 5.73 Å². The molecular weight excluding hydrogens is 172 g/mol. The number of rotatable bonds is 10. The molecule has 14 heavy (non-hydrogen) atoms. The molecule has 2 nitrogen and oxygen atoms in total. The normalized spacial score (nSPS) is 10.1. The minimum atomic E-state index is 0.845. The summed E-state index contributed by atoms with van der Waals surface area (Å²) in [5.41, 5.74) is 6.58. The summed E-state index contributed by atoms with van der Waals surface area (Å²) in [6, 6.07) is 0. The Labute approximate surface area is 89.0 Å². The Balaban J connectivity index is 2.95. The number of nitrogens with one attached hydrogen (secondary N) is 1. The van der Waals surface area contributed by atoms with Crippen LogP contribution in [0.3, 0.4) is 0 Å². The second-order valence-electron chi connectivity index (χ2n) is 3.79. The molecule has 0 radical (unpaired) electrons. The van der Waals surface area contributed by atoms with Crippen LogP contribution < -0.4 is 11.1 Å². The highest BCUT2D eigenvalue weighted by Crippen LogP contribution is 2.04. The Bertz CT molecular complexity index is 132. The van der Waals surface area contributed by atoms with Crippen molar-refractivity contribution in [2.45, 2.75) is 51.9 Å². The van der Waals surface area contributed by atoms with E-state index < -0.39 is 0 Å². The van der Waals surface area contributed by atoms with E-state index in [2.05, 4.69) is 18.8 Å². The van der Waals surface area contributed by atoms with Crippen molar-refractivity contribution in [3.8, 4) is 0 Å². The maximum atomic E-state index is 5.42. The van der Waals surface area contributed by atoms with Crippen LogP contribution in [0.5, 0.6) is 0 Å². The highest BCUT2D eigenvalue weighted by atomic mass is 14.9. The fourth-order valence-electron chi connectivity index (χ4n) is 1.37. The number of allylic oxidation sites excluding steroid dienone is 1. The first-order chi connectivity index (χ1) is 6.81. The molecule has 2 heteroatoms. The predicted octanol–water partition coefficient (Wildman–Crippen LogP) is 2.80. The van der Waals surface area contributed by atoms with Gasteiger partial charge in [-0.05, 0) is 25.8 Å². The maximum Gasteiger partial charge on any atom is 0.0143 e. The van der Waals surface area contributed by atoms with E-state index in [-0.39, 0.29) is 0 Å². The van der Waals surface area contributed by atoms with E-state index in [0.717, 1.165) is 25.2 Å². The van der Waals surface area contributed by atoms with E-state index in [4.69, 9.17) is 5.73 Å². The Morgan fingerprint density at radius 1 is 1.07 bits per heavy atom. The van der Waals surface area contributed by atoms with Crippen molar-refractivity contribution in [3.05, 3.63) is 12.3 Å². The zero-order valence-corrected chi connectivity index (χ0v) is 9.65. The molecule has 0 aromatic heterocycles. The van der Waals surface area contributed by atoms with Gasteiger partial charge in [-0.2, -0.15) is 0 Å². The standard InChI is InChI=1S/C12H26N2/c1-3-12(2)14-11-9-7-5-4-6-8-10-13/h14H,2-11,13H2,1H3. The molecule has 0 aliphatic carbocycles. The van der Waals surface area contributed by atoms with Crippen molar-refractivity contribution in [3.63, 3.8) is 0 Å². The molecule has 3 N–H and O–H groups in total. The van der Waals surface area contributed by atoms with Crippen LogP contribution in [0.1, 0.15) is 51.9 Å². The third-order valence-corrected chi connectivity index (χ3v) is 2.43. The van der Waals surface area contributed by atoms with Crippen LogP contribution in [0.15, 0.2) is 12.3 Å². The molecule has 0 fully saturated rings. The van der Waals surface area contributed by atoms with E-state index in [0.29, 0.717) is 0 Å². The average Bonchev–Trinajstić information content (AvgIpc) is 2.21. The molecule has 0 aliphatic heterocycles. The molecule has 0 rings (SSSR count). The second kappa shape index (κ2) is 10.6. The van der Waals surface area contributed by atoms with Crippen LogP contribution in [0.25, 0.3) is 0 Å².